The highest BCUT2D eigenvalue weighted by molar-refractivity contribution is 5.98. The van der Waals surface area contributed by atoms with Gasteiger partial charge in [0, 0.05) is 18.6 Å². The van der Waals surface area contributed by atoms with E-state index in [-0.39, 0.29) is 12.4 Å². The number of benzene rings is 1. The molecule has 0 aromatic heterocycles. The first-order chi connectivity index (χ1) is 7.81. The summed E-state index contributed by atoms with van der Waals surface area (Å²) in [5, 5.41) is 8.67. The Kier molecular flexibility index (Phi) is 3.52. The molecular formula is C14H16O2. The fourth-order valence-corrected chi connectivity index (χ4v) is 2.04. The van der Waals surface area contributed by atoms with Crippen molar-refractivity contribution in [3.8, 4) is 0 Å². The van der Waals surface area contributed by atoms with Crippen LogP contribution in [0.1, 0.15) is 40.7 Å². The summed E-state index contributed by atoms with van der Waals surface area (Å²) in [6, 6.07) is 6.04. The van der Waals surface area contributed by atoms with Crippen molar-refractivity contribution in [1.29, 1.82) is 0 Å². The van der Waals surface area contributed by atoms with E-state index < -0.39 is 0 Å². The van der Waals surface area contributed by atoms with Crippen molar-refractivity contribution >= 4 is 11.9 Å². The summed E-state index contributed by atoms with van der Waals surface area (Å²) in [6.07, 6.45) is 7.21. The van der Waals surface area contributed by atoms with Crippen LogP contribution in [0.3, 0.4) is 0 Å². The maximum Gasteiger partial charge on any atom is 0.163 e. The standard InChI is InChI=1S/C14H16O2/c15-9-2-1-4-11-7-8-12-5-3-6-14(16)13(12)10-11/h1,4,7-8,10,15H,2-3,5-6,9H2. The minimum atomic E-state index is 0.167. The average molecular weight is 216 g/mol. The minimum absolute atomic E-state index is 0.167. The lowest BCUT2D eigenvalue weighted by atomic mass is 9.89. The van der Waals surface area contributed by atoms with Crippen LogP contribution in [0.4, 0.5) is 0 Å². The van der Waals surface area contributed by atoms with Crippen molar-refractivity contribution in [2.45, 2.75) is 25.7 Å². The average Bonchev–Trinajstić information content (AvgIpc) is 2.30. The SMILES string of the molecule is O=C1CCCc2ccc(C=CCCO)cc21. The molecule has 2 nitrogen and oxygen atoms in total. The molecule has 1 N–H and O–H groups in total. The van der Waals surface area contributed by atoms with Gasteiger partial charge in [0.15, 0.2) is 5.78 Å². The lowest BCUT2D eigenvalue weighted by Gasteiger charge is -2.14. The predicted molar refractivity (Wildman–Crippen MR) is 64.4 cm³/mol. The monoisotopic (exact) mass is 216 g/mol. The van der Waals surface area contributed by atoms with E-state index in [1.165, 1.54) is 5.56 Å². The zero-order valence-corrected chi connectivity index (χ0v) is 9.28. The summed E-state index contributed by atoms with van der Waals surface area (Å²) in [6.45, 7) is 0.167. The van der Waals surface area contributed by atoms with E-state index in [1.54, 1.807) is 0 Å². The number of aryl methyl sites for hydroxylation is 1. The van der Waals surface area contributed by atoms with Gasteiger partial charge in [0.1, 0.15) is 0 Å². The van der Waals surface area contributed by atoms with Gasteiger partial charge in [-0.15, -0.1) is 0 Å². The summed E-state index contributed by atoms with van der Waals surface area (Å²) in [5.41, 5.74) is 3.11. The van der Waals surface area contributed by atoms with E-state index in [4.69, 9.17) is 5.11 Å². The second kappa shape index (κ2) is 5.08. The van der Waals surface area contributed by atoms with E-state index >= 15 is 0 Å². The minimum Gasteiger partial charge on any atom is -0.396 e. The highest BCUT2D eigenvalue weighted by Crippen LogP contribution is 2.22. The van der Waals surface area contributed by atoms with E-state index in [0.29, 0.717) is 12.8 Å². The fourth-order valence-electron chi connectivity index (χ4n) is 2.04. The van der Waals surface area contributed by atoms with Gasteiger partial charge < -0.3 is 5.11 Å². The lowest BCUT2D eigenvalue weighted by molar-refractivity contribution is 0.0972. The van der Waals surface area contributed by atoms with Crippen LogP contribution in [-0.4, -0.2) is 17.5 Å². The third-order valence-corrected chi connectivity index (χ3v) is 2.89. The number of hydrogen-bond donors (Lipinski definition) is 1. The van der Waals surface area contributed by atoms with Gasteiger partial charge in [-0.3, -0.25) is 4.79 Å². The van der Waals surface area contributed by atoms with Crippen molar-refractivity contribution in [1.82, 2.24) is 0 Å². The number of Topliss-reactive ketones (excluding diaryl/α,β-unsaturated/α-hetero) is 1. The van der Waals surface area contributed by atoms with Crippen LogP contribution in [0.5, 0.6) is 0 Å². The van der Waals surface area contributed by atoms with E-state index in [2.05, 4.69) is 0 Å². The van der Waals surface area contributed by atoms with Crippen LogP contribution < -0.4 is 0 Å². The Bertz CT molecular complexity index is 419. The molecular weight excluding hydrogens is 200 g/mol. The van der Waals surface area contributed by atoms with Crippen LogP contribution in [0.25, 0.3) is 6.08 Å². The smallest absolute Gasteiger partial charge is 0.163 e. The van der Waals surface area contributed by atoms with Gasteiger partial charge in [0.25, 0.3) is 0 Å². The van der Waals surface area contributed by atoms with Gasteiger partial charge in [0.2, 0.25) is 0 Å². The third-order valence-electron chi connectivity index (χ3n) is 2.89. The molecule has 0 fully saturated rings. The number of hydrogen-bond acceptors (Lipinski definition) is 2. The Morgan fingerprint density at radius 2 is 2.19 bits per heavy atom. The summed E-state index contributed by atoms with van der Waals surface area (Å²) in [4.78, 5) is 11.7. The molecule has 2 rings (SSSR count). The molecule has 2 heteroatoms. The number of carbonyl (C=O) groups excluding carboxylic acids is 1. The molecule has 0 saturated heterocycles. The summed E-state index contributed by atoms with van der Waals surface area (Å²) in [5.74, 6) is 0.263. The highest BCUT2D eigenvalue weighted by Gasteiger charge is 2.16. The van der Waals surface area contributed by atoms with Crippen LogP contribution >= 0.6 is 0 Å². The summed E-state index contributed by atoms with van der Waals surface area (Å²) >= 11 is 0. The van der Waals surface area contributed by atoms with Crippen molar-refractivity contribution in [2.24, 2.45) is 0 Å². The summed E-state index contributed by atoms with van der Waals surface area (Å²) in [7, 11) is 0. The molecule has 1 aliphatic rings. The number of rotatable bonds is 3. The molecule has 0 saturated carbocycles. The maximum absolute atomic E-state index is 11.7. The van der Waals surface area contributed by atoms with Gasteiger partial charge in [-0.1, -0.05) is 24.3 Å². The molecule has 84 valence electrons. The quantitative estimate of drug-likeness (QED) is 0.843. The van der Waals surface area contributed by atoms with Crippen LogP contribution in [-0.2, 0) is 6.42 Å². The Labute approximate surface area is 95.6 Å². The molecule has 1 aromatic carbocycles. The number of ketones is 1. The molecule has 0 radical (unpaired) electrons. The number of fused-ring (bicyclic) bond motifs is 1. The fraction of sp³-hybridized carbons (Fsp3) is 0.357. The Balaban J connectivity index is 2.23. The third kappa shape index (κ3) is 2.39. The lowest BCUT2D eigenvalue weighted by Crippen LogP contribution is -2.10. The first kappa shape index (κ1) is 11.1. The first-order valence-corrected chi connectivity index (χ1v) is 5.75. The van der Waals surface area contributed by atoms with Crippen LogP contribution in [0.2, 0.25) is 0 Å². The number of carbonyl (C=O) groups is 1. The number of aliphatic hydroxyl groups excluding tert-OH is 1. The molecule has 0 heterocycles. The molecule has 0 amide bonds. The number of aliphatic hydroxyl groups is 1. The van der Waals surface area contributed by atoms with Crippen molar-refractivity contribution in [2.75, 3.05) is 6.61 Å². The van der Waals surface area contributed by atoms with Crippen molar-refractivity contribution in [3.05, 3.63) is 41.0 Å². The Morgan fingerprint density at radius 3 is 3.00 bits per heavy atom. The molecule has 0 aliphatic heterocycles. The molecule has 1 aliphatic carbocycles. The zero-order valence-electron chi connectivity index (χ0n) is 9.28. The normalized spacial score (nSPS) is 15.4. The molecule has 0 atom stereocenters. The zero-order chi connectivity index (χ0) is 11.4. The van der Waals surface area contributed by atoms with Gasteiger partial charge >= 0.3 is 0 Å². The largest absolute Gasteiger partial charge is 0.396 e. The first-order valence-electron chi connectivity index (χ1n) is 5.75. The van der Waals surface area contributed by atoms with Crippen molar-refractivity contribution < 1.29 is 9.90 Å². The maximum atomic E-state index is 11.7. The molecule has 0 unspecified atom stereocenters. The van der Waals surface area contributed by atoms with Crippen molar-refractivity contribution in [3.63, 3.8) is 0 Å². The van der Waals surface area contributed by atoms with E-state index in [0.717, 1.165) is 24.0 Å². The Morgan fingerprint density at radius 1 is 1.31 bits per heavy atom. The van der Waals surface area contributed by atoms with Crippen LogP contribution in [0.15, 0.2) is 24.3 Å². The predicted octanol–water partition coefficient (Wildman–Crippen LogP) is 2.60. The molecule has 16 heavy (non-hydrogen) atoms. The molecule has 0 bridgehead atoms. The Hall–Kier alpha value is -1.41. The molecule has 1 aromatic rings. The van der Waals surface area contributed by atoms with E-state index in [1.807, 2.05) is 30.4 Å². The topological polar surface area (TPSA) is 37.3 Å². The van der Waals surface area contributed by atoms with Crippen LogP contribution in [0, 0.1) is 0 Å². The highest BCUT2D eigenvalue weighted by atomic mass is 16.2. The molecule has 0 spiro atoms. The second-order valence-corrected chi connectivity index (χ2v) is 4.11. The van der Waals surface area contributed by atoms with Gasteiger partial charge in [-0.05, 0) is 36.5 Å². The summed E-state index contributed by atoms with van der Waals surface area (Å²) < 4.78 is 0. The van der Waals surface area contributed by atoms with Gasteiger partial charge in [-0.25, -0.2) is 0 Å². The van der Waals surface area contributed by atoms with E-state index in [9.17, 15) is 4.79 Å². The van der Waals surface area contributed by atoms with Gasteiger partial charge in [-0.2, -0.15) is 0 Å². The second-order valence-electron chi connectivity index (χ2n) is 4.11. The van der Waals surface area contributed by atoms with Gasteiger partial charge in [0.05, 0.1) is 0 Å².